The molecule has 1 aliphatic heterocycles. The Morgan fingerprint density at radius 1 is 1.40 bits per heavy atom. The molecule has 0 aromatic carbocycles. The lowest BCUT2D eigenvalue weighted by molar-refractivity contribution is 0.0508. The molecule has 0 aliphatic carbocycles. The average molecular weight is 279 g/mol. The predicted octanol–water partition coefficient (Wildman–Crippen LogP) is 1.54. The maximum atomic E-state index is 12.2. The fourth-order valence-corrected chi connectivity index (χ4v) is 2.32. The van der Waals surface area contributed by atoms with E-state index in [-0.39, 0.29) is 24.0 Å². The molecule has 2 rings (SSSR count). The van der Waals surface area contributed by atoms with Crippen LogP contribution < -0.4 is 5.32 Å². The van der Waals surface area contributed by atoms with E-state index < -0.39 is 0 Å². The summed E-state index contributed by atoms with van der Waals surface area (Å²) in [7, 11) is 0. The molecule has 1 saturated heterocycles. The normalized spacial score (nSPS) is 19.3. The summed E-state index contributed by atoms with van der Waals surface area (Å²) in [5.41, 5.74) is 0. The van der Waals surface area contributed by atoms with Crippen molar-refractivity contribution in [2.45, 2.75) is 32.9 Å². The maximum Gasteiger partial charge on any atom is 0.317 e. The first-order valence-electron chi connectivity index (χ1n) is 6.89. The summed E-state index contributed by atoms with van der Waals surface area (Å²) in [5.74, 6) is 0.225. The smallest absolute Gasteiger partial charge is 0.317 e. The molecule has 3 amide bonds. The van der Waals surface area contributed by atoms with Crippen molar-refractivity contribution < 1.29 is 14.0 Å². The van der Waals surface area contributed by atoms with Crippen LogP contribution in [0.1, 0.15) is 31.3 Å². The highest BCUT2D eigenvalue weighted by atomic mass is 16.3. The molecule has 0 bridgehead atoms. The van der Waals surface area contributed by atoms with Crippen LogP contribution in [0, 0.1) is 0 Å². The number of carbonyl (C=O) groups excluding carboxylic acids is 2. The van der Waals surface area contributed by atoms with E-state index in [0.717, 1.165) is 0 Å². The standard InChI is InChI=1S/C14H21N3O3/c1-10(2)15-14(19)16-6-7-17(11(3)9-16)13(18)12-5-4-8-20-12/h4-5,8,10-11H,6-7,9H2,1-3H3,(H,15,19). The van der Waals surface area contributed by atoms with E-state index in [4.69, 9.17) is 4.42 Å². The minimum atomic E-state index is -0.119. The molecule has 1 fully saturated rings. The van der Waals surface area contributed by atoms with Gasteiger partial charge in [-0.25, -0.2) is 4.79 Å². The van der Waals surface area contributed by atoms with Gasteiger partial charge in [0.1, 0.15) is 0 Å². The van der Waals surface area contributed by atoms with E-state index in [1.54, 1.807) is 21.9 Å². The lowest BCUT2D eigenvalue weighted by Crippen LogP contribution is -2.57. The number of piperazine rings is 1. The highest BCUT2D eigenvalue weighted by Crippen LogP contribution is 2.14. The Balaban J connectivity index is 1.96. The quantitative estimate of drug-likeness (QED) is 0.893. The maximum absolute atomic E-state index is 12.2. The van der Waals surface area contributed by atoms with Gasteiger partial charge in [0.25, 0.3) is 5.91 Å². The van der Waals surface area contributed by atoms with Crippen LogP contribution in [0.15, 0.2) is 22.8 Å². The van der Waals surface area contributed by atoms with E-state index in [1.165, 1.54) is 6.26 Å². The van der Waals surface area contributed by atoms with Gasteiger partial charge in [-0.2, -0.15) is 0 Å². The van der Waals surface area contributed by atoms with Gasteiger partial charge >= 0.3 is 6.03 Å². The number of hydrogen-bond acceptors (Lipinski definition) is 3. The van der Waals surface area contributed by atoms with Gasteiger partial charge in [-0.3, -0.25) is 4.79 Å². The van der Waals surface area contributed by atoms with Crippen molar-refractivity contribution in [2.75, 3.05) is 19.6 Å². The third-order valence-electron chi connectivity index (χ3n) is 3.32. The van der Waals surface area contributed by atoms with Gasteiger partial charge < -0.3 is 19.5 Å². The van der Waals surface area contributed by atoms with E-state index >= 15 is 0 Å². The van der Waals surface area contributed by atoms with Gasteiger partial charge in [0, 0.05) is 31.7 Å². The molecule has 1 aliphatic rings. The van der Waals surface area contributed by atoms with Crippen molar-refractivity contribution in [2.24, 2.45) is 0 Å². The number of amides is 3. The Morgan fingerprint density at radius 3 is 2.70 bits per heavy atom. The Morgan fingerprint density at radius 2 is 2.15 bits per heavy atom. The number of nitrogens with one attached hydrogen (secondary N) is 1. The monoisotopic (exact) mass is 279 g/mol. The molecule has 0 spiro atoms. The predicted molar refractivity (Wildman–Crippen MR) is 74.4 cm³/mol. The Labute approximate surface area is 118 Å². The number of nitrogens with zero attached hydrogens (tertiary/aromatic N) is 2. The summed E-state index contributed by atoms with van der Waals surface area (Å²) in [6, 6.07) is 3.37. The zero-order valence-electron chi connectivity index (χ0n) is 12.1. The van der Waals surface area contributed by atoms with Crippen LogP contribution in [0.3, 0.4) is 0 Å². The molecule has 110 valence electrons. The molecule has 1 aromatic rings. The lowest BCUT2D eigenvalue weighted by Gasteiger charge is -2.39. The van der Waals surface area contributed by atoms with Crippen LogP contribution in [0.4, 0.5) is 4.79 Å². The van der Waals surface area contributed by atoms with Crippen LogP contribution >= 0.6 is 0 Å². The molecule has 1 unspecified atom stereocenters. The second kappa shape index (κ2) is 5.98. The summed E-state index contributed by atoms with van der Waals surface area (Å²) in [5, 5.41) is 2.87. The fourth-order valence-electron chi connectivity index (χ4n) is 2.32. The highest BCUT2D eigenvalue weighted by Gasteiger charge is 2.31. The third-order valence-corrected chi connectivity index (χ3v) is 3.32. The lowest BCUT2D eigenvalue weighted by atomic mass is 10.2. The Kier molecular flexibility index (Phi) is 4.32. The van der Waals surface area contributed by atoms with Gasteiger partial charge in [-0.05, 0) is 32.9 Å². The molecular formula is C14H21N3O3. The van der Waals surface area contributed by atoms with Gasteiger partial charge in [-0.15, -0.1) is 0 Å². The summed E-state index contributed by atoms with van der Waals surface area (Å²) in [4.78, 5) is 27.7. The third kappa shape index (κ3) is 3.12. The van der Waals surface area contributed by atoms with E-state index in [2.05, 4.69) is 5.32 Å². The van der Waals surface area contributed by atoms with Gasteiger partial charge in [0.2, 0.25) is 0 Å². The molecule has 6 heteroatoms. The molecule has 1 N–H and O–H groups in total. The van der Waals surface area contributed by atoms with Crippen molar-refractivity contribution in [3.63, 3.8) is 0 Å². The minimum absolute atomic E-state index is 0.0285. The van der Waals surface area contributed by atoms with Crippen LogP contribution in [0.25, 0.3) is 0 Å². The zero-order valence-corrected chi connectivity index (χ0v) is 12.1. The fraction of sp³-hybridized carbons (Fsp3) is 0.571. The average Bonchev–Trinajstić information content (AvgIpc) is 2.90. The SMILES string of the molecule is CC(C)NC(=O)N1CCN(C(=O)c2ccco2)C(C)C1. The summed E-state index contributed by atoms with van der Waals surface area (Å²) in [6.45, 7) is 7.39. The Bertz CT molecular complexity index is 470. The first kappa shape index (κ1) is 14.4. The van der Waals surface area contributed by atoms with Gasteiger partial charge in [-0.1, -0.05) is 0 Å². The highest BCUT2D eigenvalue weighted by molar-refractivity contribution is 5.91. The molecule has 20 heavy (non-hydrogen) atoms. The summed E-state index contributed by atoms with van der Waals surface area (Å²) < 4.78 is 5.14. The van der Waals surface area contributed by atoms with E-state index in [0.29, 0.717) is 25.4 Å². The molecule has 1 atom stereocenters. The number of hydrogen-bond donors (Lipinski definition) is 1. The number of urea groups is 1. The summed E-state index contributed by atoms with van der Waals surface area (Å²) in [6.07, 6.45) is 1.49. The van der Waals surface area contributed by atoms with Crippen molar-refractivity contribution in [3.8, 4) is 0 Å². The number of rotatable bonds is 2. The van der Waals surface area contributed by atoms with Crippen LogP contribution in [-0.2, 0) is 0 Å². The van der Waals surface area contributed by atoms with Crippen molar-refractivity contribution in [1.82, 2.24) is 15.1 Å². The minimum Gasteiger partial charge on any atom is -0.459 e. The van der Waals surface area contributed by atoms with Crippen LogP contribution in [0.5, 0.6) is 0 Å². The second-order valence-electron chi connectivity index (χ2n) is 5.38. The van der Waals surface area contributed by atoms with Gasteiger partial charge in [0.15, 0.2) is 5.76 Å². The number of carbonyl (C=O) groups is 2. The largest absolute Gasteiger partial charge is 0.459 e. The molecular weight excluding hydrogens is 258 g/mol. The first-order chi connectivity index (χ1) is 9.49. The topological polar surface area (TPSA) is 65.8 Å². The zero-order chi connectivity index (χ0) is 14.7. The molecule has 2 heterocycles. The molecule has 1 aromatic heterocycles. The second-order valence-corrected chi connectivity index (χ2v) is 5.38. The van der Waals surface area contributed by atoms with Gasteiger partial charge in [0.05, 0.1) is 6.26 Å². The summed E-state index contributed by atoms with van der Waals surface area (Å²) >= 11 is 0. The van der Waals surface area contributed by atoms with E-state index in [9.17, 15) is 9.59 Å². The van der Waals surface area contributed by atoms with E-state index in [1.807, 2.05) is 20.8 Å². The Hall–Kier alpha value is -1.98. The molecule has 6 nitrogen and oxygen atoms in total. The van der Waals surface area contributed by atoms with Crippen LogP contribution in [0.2, 0.25) is 0 Å². The first-order valence-corrected chi connectivity index (χ1v) is 6.89. The molecule has 0 saturated carbocycles. The van der Waals surface area contributed by atoms with Crippen molar-refractivity contribution in [3.05, 3.63) is 24.2 Å². The van der Waals surface area contributed by atoms with Crippen molar-refractivity contribution in [1.29, 1.82) is 0 Å². The molecule has 0 radical (unpaired) electrons. The van der Waals surface area contributed by atoms with Crippen molar-refractivity contribution >= 4 is 11.9 Å². The van der Waals surface area contributed by atoms with Crippen LogP contribution in [-0.4, -0.2) is 53.5 Å². The number of furan rings is 1.